The molecule has 0 aromatic heterocycles. The molecule has 3 amide bonds. The van der Waals surface area contributed by atoms with Crippen LogP contribution in [-0.2, 0) is 0 Å². The maximum atomic E-state index is 14.3. The third-order valence-electron chi connectivity index (χ3n) is 5.06. The molecular formula is C22H16ClF4N3O3S. The number of carbonyl (C=O) groups is 2. The summed E-state index contributed by atoms with van der Waals surface area (Å²) in [7, 11) is 0. The molecule has 1 aliphatic rings. The number of aliphatic hydroxyl groups is 1. The van der Waals surface area contributed by atoms with Crippen molar-refractivity contribution in [1.82, 2.24) is 5.32 Å². The summed E-state index contributed by atoms with van der Waals surface area (Å²) in [5.74, 6) is -1.63. The zero-order valence-electron chi connectivity index (χ0n) is 17.0. The number of primary amides is 1. The number of anilines is 1. The average molecular weight is 514 g/mol. The Kier molecular flexibility index (Phi) is 6.83. The lowest BCUT2D eigenvalue weighted by Gasteiger charge is -2.43. The Labute approximate surface area is 201 Å². The smallest absolute Gasteiger partial charge is 0.370 e. The minimum Gasteiger partial charge on any atom is -0.370 e. The van der Waals surface area contributed by atoms with Gasteiger partial charge in [-0.25, -0.2) is 9.18 Å². The molecular weight excluding hydrogens is 498 g/mol. The lowest BCUT2D eigenvalue weighted by molar-refractivity contribution is -0.209. The van der Waals surface area contributed by atoms with Gasteiger partial charge in [0, 0.05) is 11.3 Å². The lowest BCUT2D eigenvalue weighted by atomic mass is 9.74. The molecule has 0 saturated carbocycles. The zero-order chi connectivity index (χ0) is 25.3. The summed E-state index contributed by atoms with van der Waals surface area (Å²) in [6.45, 7) is 0. The molecule has 178 valence electrons. The van der Waals surface area contributed by atoms with E-state index in [1.807, 2.05) is 0 Å². The van der Waals surface area contributed by atoms with Crippen LogP contribution in [0.5, 0.6) is 0 Å². The number of benzene rings is 2. The van der Waals surface area contributed by atoms with Gasteiger partial charge in [0.1, 0.15) is 10.8 Å². The van der Waals surface area contributed by atoms with Crippen LogP contribution in [0, 0.1) is 11.2 Å². The third-order valence-corrected chi connectivity index (χ3v) is 5.90. The van der Waals surface area contributed by atoms with E-state index < -0.39 is 39.4 Å². The number of para-hydroxylation sites is 1. The Morgan fingerprint density at radius 2 is 1.71 bits per heavy atom. The van der Waals surface area contributed by atoms with Crippen molar-refractivity contribution in [2.24, 2.45) is 11.1 Å². The third kappa shape index (κ3) is 4.54. The molecule has 0 saturated heterocycles. The van der Waals surface area contributed by atoms with Gasteiger partial charge in [0.15, 0.2) is 10.5 Å². The molecule has 2 aromatic carbocycles. The van der Waals surface area contributed by atoms with Gasteiger partial charge in [0.25, 0.3) is 5.91 Å². The summed E-state index contributed by atoms with van der Waals surface area (Å²) in [5, 5.41) is 11.5. The van der Waals surface area contributed by atoms with Crippen molar-refractivity contribution in [3.8, 4) is 0 Å². The SMILES string of the molecule is NC(=O)NC(=S)C1(C(F)(F)F)C=C(c2ccccc2NC(=O)c2ccccc2F)C=CC1(O)Cl. The van der Waals surface area contributed by atoms with Crippen LogP contribution in [-0.4, -0.2) is 33.3 Å². The first-order chi connectivity index (χ1) is 15.8. The molecule has 12 heteroatoms. The van der Waals surface area contributed by atoms with Crippen molar-refractivity contribution >= 4 is 52.0 Å². The predicted molar refractivity (Wildman–Crippen MR) is 123 cm³/mol. The predicted octanol–water partition coefficient (Wildman–Crippen LogP) is 4.50. The fourth-order valence-electron chi connectivity index (χ4n) is 3.41. The monoisotopic (exact) mass is 513 g/mol. The highest BCUT2D eigenvalue weighted by Gasteiger charge is 2.68. The molecule has 0 radical (unpaired) electrons. The molecule has 6 nitrogen and oxygen atoms in total. The number of urea groups is 1. The molecule has 0 aliphatic heterocycles. The lowest BCUT2D eigenvalue weighted by Crippen LogP contribution is -2.61. The van der Waals surface area contributed by atoms with Crippen LogP contribution in [0.15, 0.2) is 66.8 Å². The summed E-state index contributed by atoms with van der Waals surface area (Å²) in [6.07, 6.45) is -3.00. The van der Waals surface area contributed by atoms with Gasteiger partial charge >= 0.3 is 12.2 Å². The Hall–Kier alpha value is -3.28. The number of alkyl halides is 4. The van der Waals surface area contributed by atoms with E-state index in [1.54, 1.807) is 5.32 Å². The maximum Gasteiger partial charge on any atom is 0.408 e. The fourth-order valence-corrected chi connectivity index (χ4v) is 4.21. The van der Waals surface area contributed by atoms with Gasteiger partial charge in [-0.2, -0.15) is 13.2 Å². The highest BCUT2D eigenvalue weighted by molar-refractivity contribution is 7.80. The molecule has 1 aliphatic carbocycles. The van der Waals surface area contributed by atoms with Gasteiger partial charge in [0.2, 0.25) is 0 Å². The first kappa shape index (κ1) is 25.3. The molecule has 2 atom stereocenters. The van der Waals surface area contributed by atoms with Crippen molar-refractivity contribution in [2.75, 3.05) is 5.32 Å². The molecule has 0 spiro atoms. The maximum absolute atomic E-state index is 14.3. The molecule has 5 N–H and O–H groups in total. The van der Waals surface area contributed by atoms with E-state index in [0.29, 0.717) is 12.2 Å². The first-order valence-corrected chi connectivity index (χ1v) is 10.2. The van der Waals surface area contributed by atoms with Gasteiger partial charge in [-0.1, -0.05) is 66.3 Å². The highest BCUT2D eigenvalue weighted by Crippen LogP contribution is 2.54. The second-order valence-corrected chi connectivity index (χ2v) is 8.19. The summed E-state index contributed by atoms with van der Waals surface area (Å²) in [5.41, 5.74) is 1.16. The number of hydrogen-bond donors (Lipinski definition) is 4. The number of hydrogen-bond acceptors (Lipinski definition) is 4. The van der Waals surface area contributed by atoms with Crippen LogP contribution < -0.4 is 16.4 Å². The van der Waals surface area contributed by atoms with Crippen LogP contribution in [0.3, 0.4) is 0 Å². The minimum absolute atomic E-state index is 0.0384. The minimum atomic E-state index is -5.29. The van der Waals surface area contributed by atoms with Gasteiger partial charge in [-0.15, -0.1) is 0 Å². The number of nitrogens with one attached hydrogen (secondary N) is 2. The first-order valence-electron chi connectivity index (χ1n) is 9.46. The summed E-state index contributed by atoms with van der Waals surface area (Å²) in [4.78, 5) is 22.6. The summed E-state index contributed by atoms with van der Waals surface area (Å²) in [6, 6.07) is 9.54. The van der Waals surface area contributed by atoms with Crippen molar-refractivity contribution in [1.29, 1.82) is 0 Å². The van der Waals surface area contributed by atoms with Gasteiger partial charge in [-0.05, 0) is 29.8 Å². The van der Waals surface area contributed by atoms with Crippen LogP contribution in [0.25, 0.3) is 5.57 Å². The molecule has 3 rings (SSSR count). The Morgan fingerprint density at radius 1 is 1.09 bits per heavy atom. The van der Waals surface area contributed by atoms with Crippen molar-refractivity contribution in [3.63, 3.8) is 0 Å². The van der Waals surface area contributed by atoms with E-state index in [1.165, 1.54) is 42.5 Å². The van der Waals surface area contributed by atoms with E-state index in [4.69, 9.17) is 29.6 Å². The number of allylic oxidation sites excluding steroid dienone is 2. The standard InChI is InChI=1S/C22H16ClF4N3O3S/c23-21(33)10-9-12(11-20(21,22(25,26)27)18(34)30-19(28)32)13-5-2-4-8-16(13)29-17(31)14-6-1-3-7-15(14)24/h1-11,33H,(H,29,31)(H3,28,30,32,34). The van der Waals surface area contributed by atoms with Crippen LogP contribution in [0.1, 0.15) is 15.9 Å². The summed E-state index contributed by atoms with van der Waals surface area (Å²) >= 11 is 10.6. The van der Waals surface area contributed by atoms with E-state index in [0.717, 1.165) is 12.1 Å². The van der Waals surface area contributed by atoms with Gasteiger partial charge < -0.3 is 21.5 Å². The topological polar surface area (TPSA) is 104 Å². The second kappa shape index (κ2) is 9.16. The molecule has 0 bridgehead atoms. The molecule has 2 unspecified atom stereocenters. The molecule has 0 heterocycles. The summed E-state index contributed by atoms with van der Waals surface area (Å²) < 4.78 is 57.0. The fraction of sp³-hybridized carbons (Fsp3) is 0.136. The Bertz CT molecular complexity index is 1230. The number of carbonyl (C=O) groups excluding carboxylic acids is 2. The van der Waals surface area contributed by atoms with Crippen LogP contribution >= 0.6 is 23.8 Å². The largest absolute Gasteiger partial charge is 0.408 e. The molecule has 2 aromatic rings. The number of amides is 3. The van der Waals surface area contributed by atoms with Crippen molar-refractivity contribution < 1.29 is 32.3 Å². The van der Waals surface area contributed by atoms with Crippen LogP contribution in [0.4, 0.5) is 28.0 Å². The van der Waals surface area contributed by atoms with Gasteiger partial charge in [-0.3, -0.25) is 4.79 Å². The van der Waals surface area contributed by atoms with Crippen molar-refractivity contribution in [2.45, 2.75) is 11.2 Å². The van der Waals surface area contributed by atoms with E-state index in [-0.39, 0.29) is 22.4 Å². The quantitative estimate of drug-likeness (QED) is 0.274. The van der Waals surface area contributed by atoms with Crippen LogP contribution in [0.2, 0.25) is 0 Å². The highest BCUT2D eigenvalue weighted by atomic mass is 35.5. The normalized spacial score (nSPS) is 22.0. The second-order valence-electron chi connectivity index (χ2n) is 7.21. The number of rotatable bonds is 4. The Morgan fingerprint density at radius 3 is 2.32 bits per heavy atom. The molecule has 34 heavy (non-hydrogen) atoms. The van der Waals surface area contributed by atoms with Gasteiger partial charge in [0.05, 0.1) is 5.56 Å². The van der Waals surface area contributed by atoms with Crippen molar-refractivity contribution in [3.05, 3.63) is 83.7 Å². The Balaban J connectivity index is 2.13. The number of halogens is 5. The van der Waals surface area contributed by atoms with E-state index in [2.05, 4.69) is 5.32 Å². The average Bonchev–Trinajstić information content (AvgIpc) is 2.73. The van der Waals surface area contributed by atoms with E-state index in [9.17, 15) is 32.3 Å². The number of nitrogens with two attached hydrogens (primary N) is 1. The number of thiocarbonyl (C=S) groups is 1. The van der Waals surface area contributed by atoms with E-state index >= 15 is 0 Å². The molecule has 0 fully saturated rings. The zero-order valence-corrected chi connectivity index (χ0v) is 18.6.